The lowest BCUT2D eigenvalue weighted by Gasteiger charge is -2.25. The molecule has 2 rings (SSSR count). The van der Waals surface area contributed by atoms with Gasteiger partial charge >= 0.3 is 7.60 Å². The predicted molar refractivity (Wildman–Crippen MR) is 93.0 cm³/mol. The van der Waals surface area contributed by atoms with E-state index in [0.29, 0.717) is 11.3 Å². The minimum absolute atomic E-state index is 0.238. The van der Waals surface area contributed by atoms with Gasteiger partial charge in [0.2, 0.25) is 0 Å². The molecule has 0 aliphatic rings. The minimum Gasteiger partial charge on any atom is -0.311 e. The van der Waals surface area contributed by atoms with Crippen molar-refractivity contribution in [2.75, 3.05) is 13.7 Å². The van der Waals surface area contributed by atoms with Gasteiger partial charge in [-0.3, -0.25) is 8.77 Å². The van der Waals surface area contributed by atoms with Gasteiger partial charge in [-0.2, -0.15) is 0 Å². The van der Waals surface area contributed by atoms with Crippen molar-refractivity contribution in [3.8, 4) is 0 Å². The molecule has 0 aromatic heterocycles. The van der Waals surface area contributed by atoms with Crippen molar-refractivity contribution in [2.45, 2.75) is 23.2 Å². The Morgan fingerprint density at radius 1 is 1.04 bits per heavy atom. The van der Waals surface area contributed by atoms with Crippen LogP contribution in [-0.2, 0) is 30.8 Å². The van der Waals surface area contributed by atoms with Crippen LogP contribution in [0.4, 0.5) is 0 Å². The van der Waals surface area contributed by atoms with Crippen LogP contribution in [-0.4, -0.2) is 22.9 Å². The predicted octanol–water partition coefficient (Wildman–Crippen LogP) is 4.24. The Labute approximate surface area is 139 Å². The molecule has 0 heterocycles. The largest absolute Gasteiger partial charge is 0.346 e. The second-order valence-corrected chi connectivity index (χ2v) is 9.21. The van der Waals surface area contributed by atoms with E-state index >= 15 is 0 Å². The zero-order chi connectivity index (χ0) is 16.7. The van der Waals surface area contributed by atoms with Gasteiger partial charge in [-0.1, -0.05) is 48.5 Å². The molecule has 4 nitrogen and oxygen atoms in total. The van der Waals surface area contributed by atoms with Gasteiger partial charge in [-0.25, -0.2) is 0 Å². The first-order chi connectivity index (χ1) is 11.1. The van der Waals surface area contributed by atoms with Gasteiger partial charge in [0, 0.05) is 12.0 Å². The Hall–Kier alpha value is -1.26. The van der Waals surface area contributed by atoms with Crippen molar-refractivity contribution in [3.63, 3.8) is 0 Å². The van der Waals surface area contributed by atoms with Crippen molar-refractivity contribution in [2.24, 2.45) is 0 Å². The molecule has 0 N–H and O–H groups in total. The van der Waals surface area contributed by atoms with E-state index in [1.165, 1.54) is 7.11 Å². The molecule has 3 unspecified atom stereocenters. The van der Waals surface area contributed by atoms with E-state index in [4.69, 9.17) is 9.05 Å². The molecular formula is C17H21O4PS. The van der Waals surface area contributed by atoms with Crippen LogP contribution in [0.3, 0.4) is 0 Å². The van der Waals surface area contributed by atoms with Gasteiger partial charge in [0.25, 0.3) is 0 Å². The van der Waals surface area contributed by atoms with E-state index in [1.54, 1.807) is 19.1 Å². The highest BCUT2D eigenvalue weighted by Crippen LogP contribution is 2.55. The van der Waals surface area contributed by atoms with Crippen LogP contribution in [0.15, 0.2) is 65.6 Å². The summed E-state index contributed by atoms with van der Waals surface area (Å²) in [5, 5.41) is 0. The second-order valence-electron chi connectivity index (χ2n) is 4.90. The summed E-state index contributed by atoms with van der Waals surface area (Å²) in [4.78, 5) is -0.136. The van der Waals surface area contributed by atoms with E-state index in [1.807, 2.05) is 48.5 Å². The third kappa shape index (κ3) is 4.61. The molecular weight excluding hydrogens is 331 g/mol. The third-order valence-electron chi connectivity index (χ3n) is 3.39. The van der Waals surface area contributed by atoms with Crippen molar-refractivity contribution < 1.29 is 17.8 Å². The fraction of sp³-hybridized carbons (Fsp3) is 0.294. The summed E-state index contributed by atoms with van der Waals surface area (Å²) in [6.07, 6.45) is 0.355. The standard InChI is InChI=1S/C17H21O4PS/c1-3-21-22(18,20-2)17(14-15-10-6-4-7-11-15)23(19)16-12-8-5-9-13-16/h4-13,17H,3,14H2,1-2H3. The third-order valence-corrected chi connectivity index (χ3v) is 8.15. The fourth-order valence-corrected chi connectivity index (χ4v) is 6.39. The molecule has 3 atom stereocenters. The van der Waals surface area contributed by atoms with Crippen LogP contribution in [0.25, 0.3) is 0 Å². The molecule has 0 aliphatic heterocycles. The van der Waals surface area contributed by atoms with Gasteiger partial charge in [0.05, 0.1) is 17.4 Å². The van der Waals surface area contributed by atoms with Crippen LogP contribution in [0, 0.1) is 0 Å². The van der Waals surface area contributed by atoms with Crippen LogP contribution in [0.2, 0.25) is 0 Å². The summed E-state index contributed by atoms with van der Waals surface area (Å²) in [6.45, 7) is 1.99. The molecule has 0 fully saturated rings. The smallest absolute Gasteiger partial charge is 0.311 e. The zero-order valence-corrected chi connectivity index (χ0v) is 15.0. The second kappa shape index (κ2) is 8.55. The number of hydrogen-bond donors (Lipinski definition) is 0. The first-order valence-corrected chi connectivity index (χ1v) is 10.2. The molecule has 0 amide bonds. The van der Waals surface area contributed by atoms with E-state index in [0.717, 1.165) is 5.56 Å². The molecule has 0 radical (unpaired) electrons. The molecule has 23 heavy (non-hydrogen) atoms. The van der Waals surface area contributed by atoms with Gasteiger partial charge < -0.3 is 9.05 Å². The van der Waals surface area contributed by atoms with Gasteiger partial charge in [-0.05, 0) is 31.0 Å². The van der Waals surface area contributed by atoms with E-state index in [-0.39, 0.29) is 6.61 Å². The van der Waals surface area contributed by atoms with E-state index < -0.39 is 23.4 Å². The minimum atomic E-state index is -3.50. The molecule has 124 valence electrons. The maximum atomic E-state index is 13.1. The molecule has 2 aromatic carbocycles. The van der Waals surface area contributed by atoms with Crippen LogP contribution < -0.4 is 0 Å². The zero-order valence-electron chi connectivity index (χ0n) is 13.3. The summed E-state index contributed by atoms with van der Waals surface area (Å²) >= 11 is 0. The van der Waals surface area contributed by atoms with Crippen LogP contribution in [0.5, 0.6) is 0 Å². The van der Waals surface area contributed by atoms with E-state index in [2.05, 4.69) is 0 Å². The summed E-state index contributed by atoms with van der Waals surface area (Å²) in [7, 11) is -3.66. The fourth-order valence-electron chi connectivity index (χ4n) is 2.27. The number of benzene rings is 2. The van der Waals surface area contributed by atoms with Crippen molar-refractivity contribution >= 4 is 18.4 Å². The SMILES string of the molecule is CCOP(=O)(OC)C(Cc1ccccc1)S(=O)c1ccccc1. The maximum absolute atomic E-state index is 13.1. The lowest BCUT2D eigenvalue weighted by Crippen LogP contribution is -2.21. The van der Waals surface area contributed by atoms with Crippen LogP contribution in [0.1, 0.15) is 12.5 Å². The highest BCUT2D eigenvalue weighted by atomic mass is 32.2. The van der Waals surface area contributed by atoms with Crippen molar-refractivity contribution in [1.29, 1.82) is 0 Å². The Bertz CT molecular complexity index is 676. The molecule has 0 saturated heterocycles. The maximum Gasteiger partial charge on any atom is 0.346 e. The molecule has 6 heteroatoms. The Morgan fingerprint density at radius 3 is 2.13 bits per heavy atom. The monoisotopic (exact) mass is 352 g/mol. The molecule has 0 bridgehead atoms. The quantitative estimate of drug-likeness (QED) is 0.667. The average molecular weight is 352 g/mol. The summed E-state index contributed by atoms with van der Waals surface area (Å²) in [5.74, 6) is 0. The average Bonchev–Trinajstić information content (AvgIpc) is 2.61. The van der Waals surface area contributed by atoms with Crippen LogP contribution >= 0.6 is 7.60 Å². The molecule has 0 saturated carbocycles. The van der Waals surface area contributed by atoms with Crippen molar-refractivity contribution in [3.05, 3.63) is 66.2 Å². The number of hydrogen-bond acceptors (Lipinski definition) is 4. The highest BCUT2D eigenvalue weighted by molar-refractivity contribution is 7.93. The Morgan fingerprint density at radius 2 is 1.61 bits per heavy atom. The first-order valence-electron chi connectivity index (χ1n) is 7.40. The summed E-state index contributed by atoms with van der Waals surface area (Å²) in [5.41, 5.74) is 0.943. The lowest BCUT2D eigenvalue weighted by atomic mass is 10.2. The molecule has 0 aliphatic carbocycles. The Balaban J connectivity index is 2.38. The molecule has 2 aromatic rings. The Kier molecular flexibility index (Phi) is 6.72. The van der Waals surface area contributed by atoms with Crippen molar-refractivity contribution in [1.82, 2.24) is 0 Å². The van der Waals surface area contributed by atoms with Gasteiger partial charge in [0.15, 0.2) is 0 Å². The van der Waals surface area contributed by atoms with Gasteiger partial charge in [-0.15, -0.1) is 0 Å². The normalized spacial score (nSPS) is 16.4. The lowest BCUT2D eigenvalue weighted by molar-refractivity contribution is 0.242. The summed E-state index contributed by atoms with van der Waals surface area (Å²) < 4.78 is 36.7. The summed E-state index contributed by atoms with van der Waals surface area (Å²) in [6, 6.07) is 18.5. The van der Waals surface area contributed by atoms with E-state index in [9.17, 15) is 8.77 Å². The highest BCUT2D eigenvalue weighted by Gasteiger charge is 2.40. The molecule has 0 spiro atoms. The number of rotatable bonds is 8. The topological polar surface area (TPSA) is 52.6 Å². The van der Waals surface area contributed by atoms with Gasteiger partial charge in [0.1, 0.15) is 4.99 Å². The first kappa shape index (κ1) is 18.1.